The number of aliphatic carboxylic acids is 4. The summed E-state index contributed by atoms with van der Waals surface area (Å²) in [6.45, 7) is 4.05. The lowest BCUT2D eigenvalue weighted by atomic mass is 10.0. The first-order valence-corrected chi connectivity index (χ1v) is 17.6. The van der Waals surface area contributed by atoms with E-state index < -0.39 is 48.0 Å². The highest BCUT2D eigenvalue weighted by atomic mass is 32.2. The van der Waals surface area contributed by atoms with E-state index in [0.717, 1.165) is 33.3 Å². The Labute approximate surface area is 306 Å². The second-order valence-electron chi connectivity index (χ2n) is 11.8. The minimum atomic E-state index is -1.02. The predicted molar refractivity (Wildman–Crippen MR) is 201 cm³/mol. The highest BCUT2D eigenvalue weighted by Gasteiger charge is 2.19. The number of fused-ring (bicyclic) bond motifs is 1. The molecule has 4 rings (SSSR count). The zero-order valence-corrected chi connectivity index (χ0v) is 30.2. The van der Waals surface area contributed by atoms with Crippen LogP contribution in [0.4, 0.5) is 0 Å². The number of phenols is 1. The Morgan fingerprint density at radius 3 is 1.88 bits per heavy atom. The van der Waals surface area contributed by atoms with E-state index in [4.69, 9.17) is 37.6 Å². The van der Waals surface area contributed by atoms with Gasteiger partial charge in [0.05, 0.1) is 0 Å². The van der Waals surface area contributed by atoms with Crippen LogP contribution in [0.1, 0.15) is 37.0 Å². The minimum absolute atomic E-state index is 0.0208. The number of nitrogens with one attached hydrogen (secondary N) is 2. The zero-order valence-electron chi connectivity index (χ0n) is 29.4. The van der Waals surface area contributed by atoms with Gasteiger partial charge < -0.3 is 53.0 Å². The van der Waals surface area contributed by atoms with E-state index in [0.29, 0.717) is 19.4 Å². The van der Waals surface area contributed by atoms with Gasteiger partial charge in [0.1, 0.15) is 29.9 Å². The third-order valence-electron chi connectivity index (χ3n) is 7.36. The van der Waals surface area contributed by atoms with Crippen LogP contribution in [0.3, 0.4) is 0 Å². The molecule has 0 radical (unpaired) electrons. The fourth-order valence-corrected chi connectivity index (χ4v) is 4.63. The predicted octanol–water partition coefficient (Wildman–Crippen LogP) is 2.90. The zero-order chi connectivity index (χ0) is 39.2. The number of nitrogens with zero attached hydrogens (tertiary/aromatic N) is 1. The van der Waals surface area contributed by atoms with Gasteiger partial charge in [0.2, 0.25) is 0 Å². The molecule has 0 aliphatic carbocycles. The van der Waals surface area contributed by atoms with E-state index >= 15 is 0 Å². The number of nitrogens with two attached hydrogens (primary N) is 3. The number of pyridine rings is 1. The number of hydrogen-bond donors (Lipinski definition) is 10. The van der Waals surface area contributed by atoms with Crippen molar-refractivity contribution in [1.82, 2.24) is 15.3 Å². The number of hydrogen-bond acceptors (Lipinski definition) is 11. The number of phenolic OH excluding ortho intramolecular Hbond substituents is 1. The maximum Gasteiger partial charge on any atom is 0.321 e. The maximum absolute atomic E-state index is 11.5. The van der Waals surface area contributed by atoms with Crippen LogP contribution >= 0.6 is 11.8 Å². The van der Waals surface area contributed by atoms with Crippen LogP contribution in [0.5, 0.6) is 5.75 Å². The molecule has 0 spiro atoms. The lowest BCUT2D eigenvalue weighted by molar-refractivity contribution is -0.140. The van der Waals surface area contributed by atoms with Gasteiger partial charge in [-0.15, -0.1) is 0 Å². The molecule has 0 bridgehead atoms. The Hall–Kier alpha value is -5.00. The summed E-state index contributed by atoms with van der Waals surface area (Å²) in [6, 6.07) is 15.0. The fourth-order valence-electron chi connectivity index (χ4n) is 4.14. The summed E-state index contributed by atoms with van der Waals surface area (Å²) < 4.78 is 0. The highest BCUT2D eigenvalue weighted by Crippen LogP contribution is 2.19. The molecule has 2 aromatic carbocycles. The largest absolute Gasteiger partial charge is 0.508 e. The van der Waals surface area contributed by atoms with E-state index in [1.807, 2.05) is 48.9 Å². The van der Waals surface area contributed by atoms with Crippen molar-refractivity contribution in [2.24, 2.45) is 23.1 Å². The smallest absolute Gasteiger partial charge is 0.321 e. The molecule has 2 aromatic heterocycles. The van der Waals surface area contributed by atoms with Crippen LogP contribution in [-0.2, 0) is 38.6 Å². The summed E-state index contributed by atoms with van der Waals surface area (Å²) in [4.78, 5) is 49.1. The molecule has 0 unspecified atom stereocenters. The van der Waals surface area contributed by atoms with Crippen LogP contribution in [-0.4, -0.2) is 95.6 Å². The molecule has 0 saturated carbocycles. The molecule has 13 N–H and O–H groups in total. The first-order chi connectivity index (χ1) is 24.6. The number of carboxylic acid groups (broad SMARTS) is 4. The third-order valence-corrected chi connectivity index (χ3v) is 8.01. The van der Waals surface area contributed by atoms with Gasteiger partial charge in [-0.3, -0.25) is 24.2 Å². The number of aromatic nitrogens is 2. The van der Waals surface area contributed by atoms with Crippen LogP contribution in [0.25, 0.3) is 10.9 Å². The quantitative estimate of drug-likeness (QED) is 0.0838. The second-order valence-corrected chi connectivity index (χ2v) is 12.8. The maximum atomic E-state index is 11.5. The molecule has 2 heterocycles. The Morgan fingerprint density at radius 2 is 1.38 bits per heavy atom. The average molecular weight is 743 g/mol. The van der Waals surface area contributed by atoms with Gasteiger partial charge in [-0.05, 0) is 77.8 Å². The van der Waals surface area contributed by atoms with Crippen molar-refractivity contribution in [1.29, 1.82) is 0 Å². The second kappa shape index (κ2) is 24.2. The van der Waals surface area contributed by atoms with E-state index in [1.165, 1.54) is 12.1 Å². The Balaban J connectivity index is 0.000000384. The monoisotopic (exact) mass is 742 g/mol. The molecule has 4 atom stereocenters. The molecular formula is C36H50N6O9S. The molecule has 0 fully saturated rings. The first kappa shape index (κ1) is 45.0. The van der Waals surface area contributed by atoms with Gasteiger partial charge >= 0.3 is 23.9 Å². The minimum Gasteiger partial charge on any atom is -0.508 e. The molecule has 0 saturated heterocycles. The van der Waals surface area contributed by atoms with Gasteiger partial charge in [-0.25, -0.2) is 0 Å². The topological polar surface area (TPSA) is 288 Å². The molecule has 284 valence electrons. The van der Waals surface area contributed by atoms with Crippen molar-refractivity contribution in [3.8, 4) is 5.75 Å². The van der Waals surface area contributed by atoms with Gasteiger partial charge in [-0.1, -0.05) is 44.2 Å². The number of aromatic hydroxyl groups is 1. The number of thioether (sulfide) groups is 1. The van der Waals surface area contributed by atoms with E-state index in [2.05, 4.69) is 15.3 Å². The van der Waals surface area contributed by atoms with Crippen molar-refractivity contribution < 1.29 is 44.7 Å². The van der Waals surface area contributed by atoms with Crippen LogP contribution in [0, 0.1) is 5.92 Å². The Morgan fingerprint density at radius 1 is 0.788 bits per heavy atom. The number of carbonyl (C=O) groups is 4. The molecule has 0 aliphatic rings. The van der Waals surface area contributed by atoms with Crippen molar-refractivity contribution in [3.05, 3.63) is 95.9 Å². The SMILES string of the molecule is CC(C)[C@H](N)C(=O)O.CSCC[C@H](N)C(=O)O.N[C@@H](Cc1ccc(O)cc1)C(=O)O.O=C(O)[C@H](Cc1c[nH]c2ccccc12)NCc1ccncc1. The number of H-pyrrole nitrogens is 1. The standard InChI is InChI=1S/C17H17N3O2.C9H11NO3.C5H11NO2S.C5H11NO2/c21-17(22)16(19-10-12-5-7-18-8-6-12)9-13-11-20-15-4-2-1-3-14(13)15;10-8(9(12)13)5-6-1-3-7(11)4-2-6;1-9-3-2-4(6)5(7)8;1-3(2)4(6)5(7)8/h1-8,11,16,19-20H,9-10H2,(H,21,22);1-4,8,11H,5,10H2,(H,12,13);4H,2-3,6H2,1H3,(H,7,8);3-4H,6H2,1-2H3,(H,7,8)/t16-;8-;2*4-/m0000/s1. The van der Waals surface area contributed by atoms with Crippen LogP contribution in [0.15, 0.2) is 79.3 Å². The third kappa shape index (κ3) is 17.8. The molecule has 0 amide bonds. The summed E-state index contributed by atoms with van der Waals surface area (Å²) >= 11 is 1.60. The number of rotatable bonds is 15. The summed E-state index contributed by atoms with van der Waals surface area (Å²) in [7, 11) is 0. The Kier molecular flexibility index (Phi) is 21.0. The number of carboxylic acids is 4. The van der Waals surface area contributed by atoms with Crippen molar-refractivity contribution >= 4 is 46.5 Å². The van der Waals surface area contributed by atoms with Gasteiger partial charge in [0, 0.05) is 42.5 Å². The average Bonchev–Trinajstić information content (AvgIpc) is 3.53. The fraction of sp³-hybridized carbons (Fsp3) is 0.361. The van der Waals surface area contributed by atoms with Crippen LogP contribution < -0.4 is 22.5 Å². The molecule has 4 aromatic rings. The van der Waals surface area contributed by atoms with Gasteiger partial charge in [0.25, 0.3) is 0 Å². The molecule has 16 heteroatoms. The molecule has 0 aliphatic heterocycles. The molecule has 15 nitrogen and oxygen atoms in total. The summed E-state index contributed by atoms with van der Waals surface area (Å²) in [6.07, 6.45) is 8.47. The lowest BCUT2D eigenvalue weighted by Crippen LogP contribution is -2.38. The Bertz CT molecular complexity index is 1660. The summed E-state index contributed by atoms with van der Waals surface area (Å²) in [5, 5.41) is 47.6. The number of para-hydroxylation sites is 1. The van der Waals surface area contributed by atoms with E-state index in [9.17, 15) is 24.3 Å². The van der Waals surface area contributed by atoms with Gasteiger partial charge in [-0.2, -0.15) is 11.8 Å². The van der Waals surface area contributed by atoms with Gasteiger partial charge in [0.15, 0.2) is 0 Å². The molecule has 52 heavy (non-hydrogen) atoms. The van der Waals surface area contributed by atoms with Crippen molar-refractivity contribution in [3.63, 3.8) is 0 Å². The lowest BCUT2D eigenvalue weighted by Gasteiger charge is -2.14. The van der Waals surface area contributed by atoms with Crippen LogP contribution in [0.2, 0.25) is 0 Å². The number of aromatic amines is 1. The van der Waals surface area contributed by atoms with E-state index in [1.54, 1.807) is 50.1 Å². The highest BCUT2D eigenvalue weighted by molar-refractivity contribution is 7.98. The summed E-state index contributed by atoms with van der Waals surface area (Å²) in [5.74, 6) is -2.72. The molecular weight excluding hydrogens is 692 g/mol. The van der Waals surface area contributed by atoms with Crippen molar-refractivity contribution in [2.45, 2.75) is 63.8 Å². The van der Waals surface area contributed by atoms with E-state index in [-0.39, 0.29) is 18.1 Å². The number of benzene rings is 2. The first-order valence-electron chi connectivity index (χ1n) is 16.2. The van der Waals surface area contributed by atoms with Crippen molar-refractivity contribution in [2.75, 3.05) is 12.0 Å². The normalized spacial score (nSPS) is 12.8. The summed E-state index contributed by atoms with van der Waals surface area (Å²) in [5.41, 5.74) is 19.5.